The van der Waals surface area contributed by atoms with Crippen molar-refractivity contribution in [3.8, 4) is 0 Å². The molecule has 1 amide bonds. The molecule has 1 aromatic carbocycles. The number of allylic oxidation sites excluding steroid dienone is 1. The zero-order chi connectivity index (χ0) is 25.8. The Morgan fingerprint density at radius 3 is 2.37 bits per heavy atom. The molecule has 1 heterocycles. The number of hydrogen-bond donors (Lipinski definition) is 1. The number of halogens is 3. The van der Waals surface area contributed by atoms with Crippen LogP contribution in [0.4, 0.5) is 8.78 Å². The molecule has 0 radical (unpaired) electrons. The van der Waals surface area contributed by atoms with Crippen LogP contribution in [0.3, 0.4) is 0 Å². The van der Waals surface area contributed by atoms with Crippen LogP contribution in [0.1, 0.15) is 83.0 Å². The van der Waals surface area contributed by atoms with Crippen LogP contribution < -0.4 is 5.32 Å². The SMILES string of the molecule is CCC(C)=C1CC(C)CC(NC(=O)C2(c3ccc(Cl)cc3)CC2)C1.Cc1ncccc1C(C)(F)F. The normalized spacial score (nSPS) is 22.5. The summed E-state index contributed by atoms with van der Waals surface area (Å²) in [7, 11) is 0. The highest BCUT2D eigenvalue weighted by molar-refractivity contribution is 6.30. The van der Waals surface area contributed by atoms with Crippen LogP contribution in [-0.2, 0) is 16.1 Å². The summed E-state index contributed by atoms with van der Waals surface area (Å²) in [6.45, 7) is 9.20. The maximum Gasteiger partial charge on any atom is 0.272 e. The summed E-state index contributed by atoms with van der Waals surface area (Å²) >= 11 is 5.99. The zero-order valence-electron chi connectivity index (χ0n) is 21.4. The number of pyridine rings is 1. The van der Waals surface area contributed by atoms with Crippen LogP contribution in [0.15, 0.2) is 53.7 Å². The molecule has 0 aliphatic heterocycles. The number of carbonyl (C=O) groups excluding carboxylic acids is 1. The predicted molar refractivity (Wildman–Crippen MR) is 139 cm³/mol. The van der Waals surface area contributed by atoms with Gasteiger partial charge in [-0.25, -0.2) is 8.78 Å². The van der Waals surface area contributed by atoms with Gasteiger partial charge in [-0.15, -0.1) is 0 Å². The van der Waals surface area contributed by atoms with Gasteiger partial charge >= 0.3 is 0 Å². The molecule has 6 heteroatoms. The lowest BCUT2D eigenvalue weighted by molar-refractivity contribution is -0.124. The summed E-state index contributed by atoms with van der Waals surface area (Å²) in [5.41, 5.74) is 4.24. The third kappa shape index (κ3) is 6.91. The minimum Gasteiger partial charge on any atom is -0.352 e. The van der Waals surface area contributed by atoms with E-state index >= 15 is 0 Å². The molecule has 2 aliphatic carbocycles. The Labute approximate surface area is 213 Å². The Hall–Kier alpha value is -2.27. The molecule has 2 aromatic rings. The van der Waals surface area contributed by atoms with E-state index in [2.05, 4.69) is 31.1 Å². The maximum absolute atomic E-state index is 13.0. The fourth-order valence-electron chi connectivity index (χ4n) is 4.97. The van der Waals surface area contributed by atoms with E-state index in [4.69, 9.17) is 11.6 Å². The maximum atomic E-state index is 13.0. The molecule has 4 rings (SSSR count). The van der Waals surface area contributed by atoms with Crippen LogP contribution in [-0.4, -0.2) is 16.9 Å². The summed E-state index contributed by atoms with van der Waals surface area (Å²) in [5.74, 6) is -1.93. The van der Waals surface area contributed by atoms with Crippen molar-refractivity contribution in [3.63, 3.8) is 0 Å². The molecule has 2 atom stereocenters. The Bertz CT molecular complexity index is 1060. The number of aromatic nitrogens is 1. The monoisotopic (exact) mass is 502 g/mol. The first kappa shape index (κ1) is 27.3. The van der Waals surface area contributed by atoms with E-state index in [-0.39, 0.29) is 22.9 Å². The number of carbonyl (C=O) groups is 1. The third-order valence-corrected chi connectivity index (χ3v) is 7.56. The number of amides is 1. The summed E-state index contributed by atoms with van der Waals surface area (Å²) in [4.78, 5) is 16.7. The summed E-state index contributed by atoms with van der Waals surface area (Å²) < 4.78 is 25.4. The highest BCUT2D eigenvalue weighted by Crippen LogP contribution is 2.49. The van der Waals surface area contributed by atoms with E-state index in [0.29, 0.717) is 11.6 Å². The van der Waals surface area contributed by atoms with Crippen LogP contribution in [0, 0.1) is 12.8 Å². The molecule has 190 valence electrons. The van der Waals surface area contributed by atoms with Crippen molar-refractivity contribution in [1.82, 2.24) is 10.3 Å². The minimum absolute atomic E-state index is 0.000000000000000222. The van der Waals surface area contributed by atoms with E-state index in [9.17, 15) is 13.6 Å². The molecular weight excluding hydrogens is 466 g/mol. The van der Waals surface area contributed by atoms with Gasteiger partial charge in [0.2, 0.25) is 5.91 Å². The van der Waals surface area contributed by atoms with Gasteiger partial charge < -0.3 is 5.32 Å². The van der Waals surface area contributed by atoms with Crippen molar-refractivity contribution < 1.29 is 13.6 Å². The third-order valence-electron chi connectivity index (χ3n) is 7.30. The summed E-state index contributed by atoms with van der Waals surface area (Å²) in [5, 5.41) is 4.09. The second kappa shape index (κ2) is 11.2. The zero-order valence-corrected chi connectivity index (χ0v) is 22.2. The van der Waals surface area contributed by atoms with Crippen LogP contribution in [0.25, 0.3) is 0 Å². The molecule has 0 bridgehead atoms. The van der Waals surface area contributed by atoms with Gasteiger partial charge in [-0.2, -0.15) is 0 Å². The largest absolute Gasteiger partial charge is 0.352 e. The van der Waals surface area contributed by atoms with Gasteiger partial charge in [0, 0.05) is 35.4 Å². The number of aryl methyl sites for hydroxylation is 1. The molecule has 2 fully saturated rings. The van der Waals surface area contributed by atoms with Gasteiger partial charge in [0.05, 0.1) is 5.41 Å². The van der Waals surface area contributed by atoms with Gasteiger partial charge in [0.25, 0.3) is 5.92 Å². The Morgan fingerprint density at radius 1 is 1.20 bits per heavy atom. The molecule has 1 aromatic heterocycles. The average Bonchev–Trinajstić information content (AvgIpc) is 3.61. The quantitative estimate of drug-likeness (QED) is 0.422. The fourth-order valence-corrected chi connectivity index (χ4v) is 5.10. The first-order valence-electron chi connectivity index (χ1n) is 12.5. The molecule has 2 unspecified atom stereocenters. The first-order chi connectivity index (χ1) is 16.5. The van der Waals surface area contributed by atoms with E-state index in [1.807, 2.05) is 24.3 Å². The van der Waals surface area contributed by atoms with Crippen LogP contribution >= 0.6 is 11.6 Å². The number of nitrogens with one attached hydrogen (secondary N) is 1. The lowest BCUT2D eigenvalue weighted by Crippen LogP contribution is -2.44. The molecule has 1 N–H and O–H groups in total. The summed E-state index contributed by atoms with van der Waals surface area (Å²) in [6, 6.07) is 11.0. The molecule has 3 nitrogen and oxygen atoms in total. The molecule has 2 aliphatic rings. The minimum atomic E-state index is -2.78. The number of benzene rings is 1. The second-order valence-corrected chi connectivity index (χ2v) is 10.7. The van der Waals surface area contributed by atoms with Gasteiger partial charge in [-0.3, -0.25) is 9.78 Å². The van der Waals surface area contributed by atoms with Crippen molar-refractivity contribution in [2.75, 3.05) is 0 Å². The topological polar surface area (TPSA) is 42.0 Å². The van der Waals surface area contributed by atoms with Crippen LogP contribution in [0.5, 0.6) is 0 Å². The van der Waals surface area contributed by atoms with E-state index in [1.54, 1.807) is 12.5 Å². The molecule has 0 spiro atoms. The van der Waals surface area contributed by atoms with Crippen LogP contribution in [0.2, 0.25) is 5.02 Å². The second-order valence-electron chi connectivity index (χ2n) is 10.3. The smallest absolute Gasteiger partial charge is 0.272 e. The lowest BCUT2D eigenvalue weighted by atomic mass is 9.80. The van der Waals surface area contributed by atoms with E-state index in [1.165, 1.54) is 30.3 Å². The van der Waals surface area contributed by atoms with Crippen molar-refractivity contribution in [2.24, 2.45) is 5.92 Å². The number of hydrogen-bond acceptors (Lipinski definition) is 2. The summed E-state index contributed by atoms with van der Waals surface area (Å²) in [6.07, 6.45) is 7.80. The first-order valence-corrected chi connectivity index (χ1v) is 12.9. The number of rotatable bonds is 5. The van der Waals surface area contributed by atoms with Crippen molar-refractivity contribution in [2.45, 2.75) is 90.5 Å². The molecule has 35 heavy (non-hydrogen) atoms. The highest BCUT2D eigenvalue weighted by Gasteiger charge is 2.51. The van der Waals surface area contributed by atoms with Crippen molar-refractivity contribution >= 4 is 17.5 Å². The van der Waals surface area contributed by atoms with Gasteiger partial charge in [-0.1, -0.05) is 48.7 Å². The van der Waals surface area contributed by atoms with Crippen molar-refractivity contribution in [3.05, 3.63) is 75.6 Å². The van der Waals surface area contributed by atoms with Gasteiger partial charge in [0.15, 0.2) is 0 Å². The predicted octanol–water partition coefficient (Wildman–Crippen LogP) is 7.90. The molecule has 2 saturated carbocycles. The van der Waals surface area contributed by atoms with Crippen molar-refractivity contribution in [1.29, 1.82) is 0 Å². The highest BCUT2D eigenvalue weighted by atomic mass is 35.5. The fraction of sp³-hybridized carbons (Fsp3) is 0.517. The van der Waals surface area contributed by atoms with E-state index in [0.717, 1.165) is 49.6 Å². The lowest BCUT2D eigenvalue weighted by Gasteiger charge is -2.32. The number of alkyl halides is 2. The Balaban J connectivity index is 0.000000261. The molecule has 0 saturated heterocycles. The molecular formula is C29H37ClF2N2O. The van der Waals surface area contributed by atoms with E-state index < -0.39 is 5.92 Å². The van der Waals surface area contributed by atoms with Gasteiger partial charge in [-0.05, 0) is 88.1 Å². The van der Waals surface area contributed by atoms with Gasteiger partial charge in [0.1, 0.15) is 0 Å². The number of nitrogens with zero attached hydrogens (tertiary/aromatic N) is 1. The Morgan fingerprint density at radius 2 is 1.86 bits per heavy atom. The Kier molecular flexibility index (Phi) is 8.74. The average molecular weight is 503 g/mol. The standard InChI is InChI=1S/C21H28ClNO.C8H9F2N/c1-4-15(3)16-11-14(2)12-19(13-16)23-20(24)21(9-10-21)17-5-7-18(22)8-6-17;1-6-7(8(2,9)10)4-3-5-11-6/h5-8,14,19H,4,9-13H2,1-3H3,(H,23,24);3-5H,1-2H3.